The molecule has 114 valence electrons. The molecule has 0 amide bonds. The van der Waals surface area contributed by atoms with E-state index in [4.69, 9.17) is 20.2 Å². The third kappa shape index (κ3) is 7.01. The van der Waals surface area contributed by atoms with Gasteiger partial charge in [-0.05, 0) is 25.5 Å². The number of ether oxygens (including phenoxy) is 2. The second-order valence-electron chi connectivity index (χ2n) is 4.58. The van der Waals surface area contributed by atoms with E-state index in [0.717, 1.165) is 18.6 Å². The first-order valence-corrected chi connectivity index (χ1v) is 9.20. The molecule has 0 aliphatic carbocycles. The molecule has 1 aromatic rings. The van der Waals surface area contributed by atoms with E-state index >= 15 is 0 Å². The van der Waals surface area contributed by atoms with Gasteiger partial charge in [0.15, 0.2) is 0 Å². The van der Waals surface area contributed by atoms with Gasteiger partial charge in [-0.3, -0.25) is 0 Å². The van der Waals surface area contributed by atoms with Gasteiger partial charge in [0.1, 0.15) is 11.5 Å². The molecule has 0 bridgehead atoms. The predicted octanol–water partition coefficient (Wildman–Crippen LogP) is 3.45. The van der Waals surface area contributed by atoms with Crippen LogP contribution < -0.4 is 9.47 Å². The molecule has 20 heavy (non-hydrogen) atoms. The third-order valence-corrected chi connectivity index (χ3v) is 3.98. The van der Waals surface area contributed by atoms with Crippen molar-refractivity contribution in [2.75, 3.05) is 19.0 Å². The van der Waals surface area contributed by atoms with Crippen LogP contribution in [-0.4, -0.2) is 27.4 Å². The summed E-state index contributed by atoms with van der Waals surface area (Å²) in [5.41, 5.74) is 0. The van der Waals surface area contributed by atoms with Crippen LogP contribution in [0.5, 0.6) is 11.5 Å². The van der Waals surface area contributed by atoms with Crippen molar-refractivity contribution >= 4 is 19.7 Å². The first kappa shape index (κ1) is 17.1. The average molecular weight is 321 g/mol. The largest absolute Gasteiger partial charge is 0.494 e. The smallest absolute Gasteiger partial charge is 0.232 e. The van der Waals surface area contributed by atoms with Gasteiger partial charge in [-0.15, -0.1) is 0 Å². The Hall–Kier alpha value is -0.940. The summed E-state index contributed by atoms with van der Waals surface area (Å²) in [6.45, 7) is 4.83. The van der Waals surface area contributed by atoms with Crippen LogP contribution in [0, 0.1) is 5.92 Å². The standard InChI is InChI=1S/C14H21ClO4S/c1-3-6-12(11-20(15,16)17)10-19-14-8-5-7-13(9-14)18-4-2/h5,7-9,12H,3-4,6,10-11H2,1-2H3. The highest BCUT2D eigenvalue weighted by atomic mass is 35.7. The van der Waals surface area contributed by atoms with E-state index in [9.17, 15) is 8.42 Å². The fourth-order valence-corrected chi connectivity index (χ4v) is 3.30. The molecule has 0 heterocycles. The van der Waals surface area contributed by atoms with E-state index in [1.54, 1.807) is 6.07 Å². The molecule has 0 aromatic heterocycles. The van der Waals surface area contributed by atoms with Gasteiger partial charge in [0.05, 0.1) is 19.0 Å². The highest BCUT2D eigenvalue weighted by Crippen LogP contribution is 2.21. The van der Waals surface area contributed by atoms with Crippen LogP contribution in [0.1, 0.15) is 26.7 Å². The van der Waals surface area contributed by atoms with Crippen molar-refractivity contribution in [3.63, 3.8) is 0 Å². The van der Waals surface area contributed by atoms with Crippen molar-refractivity contribution in [2.24, 2.45) is 5.92 Å². The van der Waals surface area contributed by atoms with Crippen molar-refractivity contribution < 1.29 is 17.9 Å². The van der Waals surface area contributed by atoms with Crippen LogP contribution in [0.25, 0.3) is 0 Å². The minimum Gasteiger partial charge on any atom is -0.494 e. The Morgan fingerprint density at radius 3 is 2.40 bits per heavy atom. The van der Waals surface area contributed by atoms with Crippen LogP contribution in [0.15, 0.2) is 24.3 Å². The second-order valence-corrected chi connectivity index (χ2v) is 7.40. The zero-order valence-electron chi connectivity index (χ0n) is 11.8. The highest BCUT2D eigenvalue weighted by Gasteiger charge is 2.17. The molecule has 1 aromatic carbocycles. The molecule has 0 spiro atoms. The molecule has 4 nitrogen and oxygen atoms in total. The van der Waals surface area contributed by atoms with Gasteiger partial charge in [-0.1, -0.05) is 19.4 Å². The maximum atomic E-state index is 11.2. The second kappa shape index (κ2) is 8.37. The zero-order valence-corrected chi connectivity index (χ0v) is 13.4. The Balaban J connectivity index is 2.60. The molecule has 0 aliphatic heterocycles. The van der Waals surface area contributed by atoms with Gasteiger partial charge in [0.25, 0.3) is 0 Å². The lowest BCUT2D eigenvalue weighted by atomic mass is 10.1. The van der Waals surface area contributed by atoms with Crippen LogP contribution in [0.2, 0.25) is 0 Å². The molecular formula is C14H21ClO4S. The zero-order chi connectivity index (χ0) is 15.0. The number of rotatable bonds is 9. The highest BCUT2D eigenvalue weighted by molar-refractivity contribution is 8.13. The van der Waals surface area contributed by atoms with Crippen molar-refractivity contribution in [3.8, 4) is 11.5 Å². The fraction of sp³-hybridized carbons (Fsp3) is 0.571. The maximum Gasteiger partial charge on any atom is 0.232 e. The summed E-state index contributed by atoms with van der Waals surface area (Å²) in [4.78, 5) is 0. The van der Waals surface area contributed by atoms with Gasteiger partial charge < -0.3 is 9.47 Å². The monoisotopic (exact) mass is 320 g/mol. The summed E-state index contributed by atoms with van der Waals surface area (Å²) >= 11 is 0. The first-order valence-electron chi connectivity index (χ1n) is 6.72. The molecule has 1 atom stereocenters. The minimum absolute atomic E-state index is 0.0620. The fourth-order valence-electron chi connectivity index (χ4n) is 1.94. The van der Waals surface area contributed by atoms with Crippen LogP contribution >= 0.6 is 10.7 Å². The van der Waals surface area contributed by atoms with Gasteiger partial charge in [-0.25, -0.2) is 8.42 Å². The van der Waals surface area contributed by atoms with E-state index in [0.29, 0.717) is 19.0 Å². The Bertz CT molecular complexity index is 502. The number of halogens is 1. The van der Waals surface area contributed by atoms with Gasteiger partial charge in [0.2, 0.25) is 9.05 Å². The van der Waals surface area contributed by atoms with E-state index in [1.165, 1.54) is 0 Å². The Kier molecular flexibility index (Phi) is 7.16. The molecule has 6 heteroatoms. The maximum absolute atomic E-state index is 11.2. The van der Waals surface area contributed by atoms with Crippen molar-refractivity contribution in [3.05, 3.63) is 24.3 Å². The molecule has 1 rings (SSSR count). The summed E-state index contributed by atoms with van der Waals surface area (Å²) in [6.07, 6.45) is 1.65. The lowest BCUT2D eigenvalue weighted by Crippen LogP contribution is -2.19. The van der Waals surface area contributed by atoms with Gasteiger partial charge in [0, 0.05) is 22.7 Å². The predicted molar refractivity (Wildman–Crippen MR) is 81.1 cm³/mol. The number of hydrogen-bond donors (Lipinski definition) is 0. The molecule has 1 unspecified atom stereocenters. The Morgan fingerprint density at radius 2 is 1.85 bits per heavy atom. The molecule has 0 aliphatic rings. The SMILES string of the molecule is CCCC(COc1cccc(OCC)c1)CS(=O)(=O)Cl. The Labute approximate surface area is 125 Å². The van der Waals surface area contributed by atoms with E-state index < -0.39 is 9.05 Å². The van der Waals surface area contributed by atoms with Crippen LogP contribution in [-0.2, 0) is 9.05 Å². The minimum atomic E-state index is -3.50. The third-order valence-electron chi connectivity index (χ3n) is 2.73. The summed E-state index contributed by atoms with van der Waals surface area (Å²) in [7, 11) is 1.81. The normalized spacial score (nSPS) is 12.9. The topological polar surface area (TPSA) is 52.6 Å². The summed E-state index contributed by atoms with van der Waals surface area (Å²) < 4.78 is 33.3. The summed E-state index contributed by atoms with van der Waals surface area (Å²) in [6, 6.07) is 7.30. The molecule has 0 saturated heterocycles. The molecule has 0 radical (unpaired) electrons. The molecular weight excluding hydrogens is 300 g/mol. The average Bonchev–Trinajstić information content (AvgIpc) is 2.35. The number of hydrogen-bond acceptors (Lipinski definition) is 4. The lowest BCUT2D eigenvalue weighted by molar-refractivity contribution is 0.251. The van der Waals surface area contributed by atoms with Crippen molar-refractivity contribution in [1.82, 2.24) is 0 Å². The Morgan fingerprint density at radius 1 is 1.20 bits per heavy atom. The van der Waals surface area contributed by atoms with Crippen molar-refractivity contribution in [2.45, 2.75) is 26.7 Å². The van der Waals surface area contributed by atoms with E-state index in [2.05, 4.69) is 0 Å². The van der Waals surface area contributed by atoms with Gasteiger partial charge >= 0.3 is 0 Å². The molecule has 0 N–H and O–H groups in total. The van der Waals surface area contributed by atoms with Gasteiger partial charge in [-0.2, -0.15) is 0 Å². The van der Waals surface area contributed by atoms with Crippen molar-refractivity contribution in [1.29, 1.82) is 0 Å². The number of benzene rings is 1. The first-order chi connectivity index (χ1) is 9.44. The quantitative estimate of drug-likeness (QED) is 0.654. The molecule has 0 fully saturated rings. The van der Waals surface area contributed by atoms with Crippen LogP contribution in [0.4, 0.5) is 0 Å². The van der Waals surface area contributed by atoms with E-state index in [-0.39, 0.29) is 11.7 Å². The molecule has 0 saturated carbocycles. The summed E-state index contributed by atoms with van der Waals surface area (Å²) in [5.74, 6) is 1.25. The van der Waals surface area contributed by atoms with E-state index in [1.807, 2.05) is 32.0 Å². The van der Waals surface area contributed by atoms with Crippen LogP contribution in [0.3, 0.4) is 0 Å². The summed E-state index contributed by atoms with van der Waals surface area (Å²) in [5, 5.41) is 0. The lowest BCUT2D eigenvalue weighted by Gasteiger charge is -2.16.